The average molecular weight is 415 g/mol. The fraction of sp³-hybridized carbons (Fsp3) is 0.600. The minimum absolute atomic E-state index is 0.189. The molecule has 0 saturated carbocycles. The summed E-state index contributed by atoms with van der Waals surface area (Å²) in [6, 6.07) is 7.62. The van der Waals surface area contributed by atoms with E-state index >= 15 is 0 Å². The van der Waals surface area contributed by atoms with Crippen LogP contribution in [-0.4, -0.2) is 35.7 Å². The Morgan fingerprint density at radius 2 is 2.03 bits per heavy atom. The molecule has 0 aliphatic carbocycles. The maximum absolute atomic E-state index is 12.8. The molecule has 0 spiro atoms. The largest absolute Gasteiger partial charge is 0.482 e. The Morgan fingerprint density at radius 3 is 2.77 bits per heavy atom. The van der Waals surface area contributed by atoms with Crippen molar-refractivity contribution in [2.75, 3.05) is 6.61 Å². The van der Waals surface area contributed by atoms with E-state index in [9.17, 15) is 9.59 Å². The average Bonchev–Trinajstić information content (AvgIpc) is 3.31. The molecule has 2 aliphatic rings. The number of hydrogen-bond donors (Lipinski definition) is 1. The summed E-state index contributed by atoms with van der Waals surface area (Å²) in [5.41, 5.74) is 0.781. The van der Waals surface area contributed by atoms with Crippen LogP contribution in [0.4, 0.5) is 0 Å². The van der Waals surface area contributed by atoms with E-state index in [1.807, 2.05) is 32.0 Å². The molecule has 1 aromatic carbocycles. The van der Waals surface area contributed by atoms with Crippen LogP contribution in [0.15, 0.2) is 36.4 Å². The van der Waals surface area contributed by atoms with Gasteiger partial charge in [0.1, 0.15) is 5.75 Å². The molecule has 2 fully saturated rings. The topological polar surface area (TPSA) is 72.8 Å². The van der Waals surface area contributed by atoms with Crippen LogP contribution in [0, 0.1) is 17.3 Å². The van der Waals surface area contributed by atoms with Gasteiger partial charge in [-0.1, -0.05) is 51.8 Å². The Bertz CT molecular complexity index is 781. The summed E-state index contributed by atoms with van der Waals surface area (Å²) >= 11 is 0. The van der Waals surface area contributed by atoms with Gasteiger partial charge in [0.05, 0.1) is 12.2 Å². The van der Waals surface area contributed by atoms with E-state index in [1.165, 1.54) is 0 Å². The first-order chi connectivity index (χ1) is 14.3. The van der Waals surface area contributed by atoms with Gasteiger partial charge in [-0.05, 0) is 55.4 Å². The van der Waals surface area contributed by atoms with Crippen LogP contribution < -0.4 is 4.74 Å². The highest BCUT2D eigenvalue weighted by atomic mass is 16.5. The van der Waals surface area contributed by atoms with Gasteiger partial charge in [-0.3, -0.25) is 4.79 Å². The first-order valence-electron chi connectivity index (χ1n) is 11.1. The van der Waals surface area contributed by atoms with Crippen molar-refractivity contribution in [3.8, 4) is 5.75 Å². The second kappa shape index (κ2) is 9.78. The molecule has 164 valence electrons. The zero-order valence-electron chi connectivity index (χ0n) is 18.3. The molecule has 5 heteroatoms. The third-order valence-corrected chi connectivity index (χ3v) is 6.51. The second-order valence-electron chi connectivity index (χ2n) is 9.28. The van der Waals surface area contributed by atoms with Gasteiger partial charge in [0, 0.05) is 11.3 Å². The van der Waals surface area contributed by atoms with Crippen molar-refractivity contribution in [3.05, 3.63) is 42.0 Å². The van der Waals surface area contributed by atoms with Gasteiger partial charge in [-0.25, -0.2) is 4.79 Å². The number of carboxylic acids is 1. The van der Waals surface area contributed by atoms with Gasteiger partial charge in [0.25, 0.3) is 0 Å². The number of benzene rings is 1. The van der Waals surface area contributed by atoms with Crippen LogP contribution >= 0.6 is 0 Å². The van der Waals surface area contributed by atoms with Crippen molar-refractivity contribution in [2.45, 2.75) is 71.5 Å². The van der Waals surface area contributed by atoms with Crippen LogP contribution in [0.1, 0.15) is 58.4 Å². The lowest BCUT2D eigenvalue weighted by molar-refractivity contribution is -0.139. The molecule has 1 aromatic rings. The summed E-state index contributed by atoms with van der Waals surface area (Å²) in [6.45, 7) is 5.87. The van der Waals surface area contributed by atoms with Gasteiger partial charge in [-0.2, -0.15) is 0 Å². The predicted octanol–water partition coefficient (Wildman–Crippen LogP) is 4.83. The van der Waals surface area contributed by atoms with Crippen LogP contribution in [-0.2, 0) is 20.7 Å². The number of fused-ring (bicyclic) bond motifs is 2. The third-order valence-electron chi connectivity index (χ3n) is 6.51. The van der Waals surface area contributed by atoms with Crippen molar-refractivity contribution < 1.29 is 24.2 Å². The molecule has 3 rings (SSSR count). The number of carboxylic acid groups (broad SMARTS) is 1. The zero-order chi connectivity index (χ0) is 21.7. The molecule has 1 N–H and O–H groups in total. The van der Waals surface area contributed by atoms with Crippen molar-refractivity contribution in [1.29, 1.82) is 0 Å². The quantitative estimate of drug-likeness (QED) is 0.525. The number of unbranched alkanes of at least 4 members (excludes halogenated alkanes) is 1. The van der Waals surface area contributed by atoms with Crippen LogP contribution in [0.25, 0.3) is 0 Å². The summed E-state index contributed by atoms with van der Waals surface area (Å²) in [6.07, 6.45) is 10.3. The van der Waals surface area contributed by atoms with Gasteiger partial charge < -0.3 is 14.6 Å². The number of allylic oxidation sites excluding steroid dienone is 1. The molecule has 2 saturated heterocycles. The van der Waals surface area contributed by atoms with E-state index in [4.69, 9.17) is 14.6 Å². The Labute approximate surface area is 179 Å². The molecule has 4 atom stereocenters. The van der Waals surface area contributed by atoms with Crippen LogP contribution in [0.5, 0.6) is 5.75 Å². The molecule has 0 aromatic heterocycles. The van der Waals surface area contributed by atoms with E-state index in [0.717, 1.165) is 44.1 Å². The number of ketones is 1. The predicted molar refractivity (Wildman–Crippen MR) is 116 cm³/mol. The maximum atomic E-state index is 12.8. The van der Waals surface area contributed by atoms with Crippen molar-refractivity contribution in [3.63, 3.8) is 0 Å². The minimum Gasteiger partial charge on any atom is -0.482 e. The van der Waals surface area contributed by atoms with E-state index in [2.05, 4.69) is 13.0 Å². The molecule has 0 amide bonds. The van der Waals surface area contributed by atoms with Gasteiger partial charge in [0.2, 0.25) is 0 Å². The van der Waals surface area contributed by atoms with E-state index in [-0.39, 0.29) is 35.9 Å². The summed E-state index contributed by atoms with van der Waals surface area (Å²) in [5.74, 6) is 0.332. The summed E-state index contributed by atoms with van der Waals surface area (Å²) < 4.78 is 11.5. The van der Waals surface area contributed by atoms with Gasteiger partial charge in [0.15, 0.2) is 12.4 Å². The highest BCUT2D eigenvalue weighted by molar-refractivity contribution is 5.94. The Kier molecular flexibility index (Phi) is 7.35. The zero-order valence-corrected chi connectivity index (χ0v) is 18.3. The number of ether oxygens (including phenoxy) is 2. The summed E-state index contributed by atoms with van der Waals surface area (Å²) in [7, 11) is 0. The molecule has 0 radical (unpaired) electrons. The van der Waals surface area contributed by atoms with E-state index in [1.54, 1.807) is 12.1 Å². The lowest BCUT2D eigenvalue weighted by Gasteiger charge is -2.26. The molecule has 30 heavy (non-hydrogen) atoms. The molecule has 2 bridgehead atoms. The smallest absolute Gasteiger partial charge is 0.341 e. The number of hydrogen-bond acceptors (Lipinski definition) is 4. The Balaban J connectivity index is 1.68. The molecular formula is C25H34O5. The standard InChI is InChI=1S/C25H34O5/c1-4-5-13-25(2,3)23(26)12-9-19-20(22-11-10-21(19)30-22)15-17-7-6-8-18(14-17)29-16-24(27)28/h6-9,12,14,19-22H,4-5,10-11,13,15-16H2,1-3H3,(H,27,28)/t19-,20+,21-,22+/m1/s1. The van der Waals surface area contributed by atoms with Crippen molar-refractivity contribution in [1.82, 2.24) is 0 Å². The monoisotopic (exact) mass is 414 g/mol. The molecule has 2 heterocycles. The highest BCUT2D eigenvalue weighted by Crippen LogP contribution is 2.45. The Hall–Kier alpha value is -2.14. The fourth-order valence-corrected chi connectivity index (χ4v) is 4.69. The third kappa shape index (κ3) is 5.51. The van der Waals surface area contributed by atoms with E-state index in [0.29, 0.717) is 11.7 Å². The fourth-order valence-electron chi connectivity index (χ4n) is 4.69. The number of carbonyl (C=O) groups is 2. The van der Waals surface area contributed by atoms with Gasteiger partial charge in [-0.15, -0.1) is 0 Å². The number of rotatable bonds is 11. The first-order valence-corrected chi connectivity index (χ1v) is 11.1. The second-order valence-corrected chi connectivity index (χ2v) is 9.28. The molecule has 0 unspecified atom stereocenters. The van der Waals surface area contributed by atoms with Crippen molar-refractivity contribution >= 4 is 11.8 Å². The molecule has 5 nitrogen and oxygen atoms in total. The molecular weight excluding hydrogens is 380 g/mol. The SMILES string of the molecule is CCCCC(C)(C)C(=O)C=C[C@@H]1[C@H](Cc2cccc(OCC(=O)O)c2)[C@@H]2CC[C@H]1O2. The Morgan fingerprint density at radius 1 is 1.27 bits per heavy atom. The number of carbonyl (C=O) groups excluding carboxylic acids is 1. The van der Waals surface area contributed by atoms with Crippen LogP contribution in [0.3, 0.4) is 0 Å². The molecule has 2 aliphatic heterocycles. The maximum Gasteiger partial charge on any atom is 0.341 e. The normalized spacial score (nSPS) is 25.7. The summed E-state index contributed by atoms with van der Waals surface area (Å²) in [4.78, 5) is 23.5. The number of aliphatic carboxylic acids is 1. The van der Waals surface area contributed by atoms with E-state index < -0.39 is 5.97 Å². The van der Waals surface area contributed by atoms with Crippen LogP contribution in [0.2, 0.25) is 0 Å². The highest BCUT2D eigenvalue weighted by Gasteiger charge is 2.47. The van der Waals surface area contributed by atoms with Crippen molar-refractivity contribution in [2.24, 2.45) is 17.3 Å². The first kappa shape index (κ1) is 22.5. The summed E-state index contributed by atoms with van der Waals surface area (Å²) in [5, 5.41) is 8.81. The lowest BCUT2D eigenvalue weighted by atomic mass is 9.75. The lowest BCUT2D eigenvalue weighted by Crippen LogP contribution is -2.28. The van der Waals surface area contributed by atoms with Gasteiger partial charge >= 0.3 is 5.97 Å². The minimum atomic E-state index is -0.987.